The van der Waals surface area contributed by atoms with Gasteiger partial charge in [0.05, 0.1) is 33.5 Å². The van der Waals surface area contributed by atoms with E-state index >= 15 is 0 Å². The van der Waals surface area contributed by atoms with Gasteiger partial charge in [0.25, 0.3) is 0 Å². The van der Waals surface area contributed by atoms with Crippen LogP contribution in [0.5, 0.6) is 0 Å². The van der Waals surface area contributed by atoms with Crippen LogP contribution in [0.1, 0.15) is 0 Å². The van der Waals surface area contributed by atoms with E-state index in [0.717, 1.165) is 50.0 Å². The highest BCUT2D eigenvalue weighted by molar-refractivity contribution is 6.19. The van der Waals surface area contributed by atoms with Gasteiger partial charge in [-0.3, -0.25) is 0 Å². The fourth-order valence-electron chi connectivity index (χ4n) is 6.56. The van der Waals surface area contributed by atoms with E-state index in [9.17, 15) is 0 Å². The van der Waals surface area contributed by atoms with Gasteiger partial charge in [-0.25, -0.2) is 9.97 Å². The van der Waals surface area contributed by atoms with E-state index < -0.39 is 0 Å². The Bertz CT molecular complexity index is 2490. The van der Waals surface area contributed by atoms with Gasteiger partial charge < -0.3 is 4.57 Å². The number of hydrogen-bond acceptors (Lipinski definition) is 2. The summed E-state index contributed by atoms with van der Waals surface area (Å²) in [6.45, 7) is 0. The van der Waals surface area contributed by atoms with Crippen LogP contribution >= 0.6 is 0 Å². The van der Waals surface area contributed by atoms with Crippen LogP contribution in [0, 0.1) is 0 Å². The summed E-state index contributed by atoms with van der Waals surface area (Å²) in [7, 11) is 0. The summed E-state index contributed by atoms with van der Waals surface area (Å²) in [4.78, 5) is 10.6. The van der Waals surface area contributed by atoms with Crippen LogP contribution in [-0.2, 0) is 0 Å². The minimum absolute atomic E-state index is 0.885. The Labute approximate surface area is 248 Å². The number of nitrogens with zero attached hydrogens (tertiary/aromatic N) is 3. The maximum atomic E-state index is 5.38. The molecule has 0 radical (unpaired) electrons. The van der Waals surface area contributed by atoms with E-state index in [2.05, 4.69) is 144 Å². The Hall–Kier alpha value is -5.80. The monoisotopic (exact) mass is 547 g/mol. The summed E-state index contributed by atoms with van der Waals surface area (Å²) in [6.07, 6.45) is 0. The zero-order valence-electron chi connectivity index (χ0n) is 23.3. The van der Waals surface area contributed by atoms with Crippen molar-refractivity contribution < 1.29 is 0 Å². The van der Waals surface area contributed by atoms with E-state index in [0.29, 0.717) is 0 Å². The third kappa shape index (κ3) is 3.68. The van der Waals surface area contributed by atoms with E-state index in [1.54, 1.807) is 0 Å². The van der Waals surface area contributed by atoms with Gasteiger partial charge in [0.1, 0.15) is 0 Å². The molecule has 9 aromatic rings. The molecule has 0 aliphatic heterocycles. The molecule has 0 aliphatic rings. The molecule has 0 saturated heterocycles. The molecule has 0 saturated carbocycles. The third-order valence-corrected chi connectivity index (χ3v) is 8.55. The number of fused-ring (bicyclic) bond motifs is 8. The third-order valence-electron chi connectivity index (χ3n) is 8.55. The molecule has 3 nitrogen and oxygen atoms in total. The maximum absolute atomic E-state index is 5.38. The Kier molecular flexibility index (Phi) is 5.20. The number of para-hydroxylation sites is 1. The minimum Gasteiger partial charge on any atom is -0.309 e. The first-order valence-electron chi connectivity index (χ1n) is 14.6. The van der Waals surface area contributed by atoms with E-state index in [-0.39, 0.29) is 0 Å². The predicted octanol–water partition coefficient (Wildman–Crippen LogP) is 10.4. The summed E-state index contributed by atoms with van der Waals surface area (Å²) in [5.74, 6) is 0. The molecule has 0 unspecified atom stereocenters. The lowest BCUT2D eigenvalue weighted by atomic mass is 10.0. The average Bonchev–Trinajstić information content (AvgIpc) is 3.43. The van der Waals surface area contributed by atoms with E-state index in [1.807, 2.05) is 12.1 Å². The Morgan fingerprint density at radius 1 is 0.419 bits per heavy atom. The molecule has 3 heteroatoms. The number of benzene rings is 7. The summed E-state index contributed by atoms with van der Waals surface area (Å²) in [6, 6.07) is 53.6. The van der Waals surface area contributed by atoms with Crippen LogP contribution in [0.3, 0.4) is 0 Å². The zero-order chi connectivity index (χ0) is 28.3. The Morgan fingerprint density at radius 2 is 1.02 bits per heavy atom. The highest BCUT2D eigenvalue weighted by Crippen LogP contribution is 2.38. The Balaban J connectivity index is 1.37. The maximum Gasteiger partial charge on any atom is 0.0973 e. The lowest BCUT2D eigenvalue weighted by Gasteiger charge is -2.14. The first-order chi connectivity index (χ1) is 21.3. The smallest absolute Gasteiger partial charge is 0.0973 e. The predicted molar refractivity (Wildman–Crippen MR) is 180 cm³/mol. The lowest BCUT2D eigenvalue weighted by molar-refractivity contribution is 1.19. The van der Waals surface area contributed by atoms with Crippen LogP contribution < -0.4 is 0 Å². The Morgan fingerprint density at radius 3 is 1.81 bits per heavy atom. The molecule has 0 bridgehead atoms. The highest BCUT2D eigenvalue weighted by Gasteiger charge is 2.17. The molecular weight excluding hydrogens is 522 g/mol. The lowest BCUT2D eigenvalue weighted by Crippen LogP contribution is -1.98. The quantitative estimate of drug-likeness (QED) is 0.206. The van der Waals surface area contributed by atoms with Gasteiger partial charge >= 0.3 is 0 Å². The molecule has 9 rings (SSSR count). The van der Waals surface area contributed by atoms with Gasteiger partial charge in [-0.05, 0) is 35.0 Å². The molecule has 0 fully saturated rings. The molecule has 0 atom stereocenters. The van der Waals surface area contributed by atoms with Gasteiger partial charge in [0.15, 0.2) is 0 Å². The van der Waals surface area contributed by atoms with E-state index in [1.165, 1.54) is 32.6 Å². The SMILES string of the molecule is c1ccc(-c2nc3ccc4ccc(-n5c6ccccc6c6ccc7ccccc7c65)cc4c3nc2-c2ccccc2)cc1. The first-order valence-corrected chi connectivity index (χ1v) is 14.6. The van der Waals surface area contributed by atoms with E-state index in [4.69, 9.17) is 9.97 Å². The van der Waals surface area contributed by atoms with Crippen molar-refractivity contribution >= 4 is 54.4 Å². The summed E-state index contributed by atoms with van der Waals surface area (Å²) >= 11 is 0. The molecular formula is C40H25N3. The second-order valence-electron chi connectivity index (χ2n) is 11.0. The van der Waals surface area contributed by atoms with Gasteiger partial charge in [-0.2, -0.15) is 0 Å². The van der Waals surface area contributed by atoms with Crippen molar-refractivity contribution in [2.75, 3.05) is 0 Å². The molecule has 7 aromatic carbocycles. The molecule has 0 amide bonds. The molecule has 2 aromatic heterocycles. The molecule has 2 heterocycles. The largest absolute Gasteiger partial charge is 0.309 e. The highest BCUT2D eigenvalue weighted by atomic mass is 15.0. The van der Waals surface area contributed by atoms with Crippen LogP contribution in [0.4, 0.5) is 0 Å². The fraction of sp³-hybridized carbons (Fsp3) is 0. The second-order valence-corrected chi connectivity index (χ2v) is 11.0. The molecule has 0 N–H and O–H groups in total. The second kappa shape index (κ2) is 9.37. The van der Waals surface area contributed by atoms with Crippen molar-refractivity contribution in [3.8, 4) is 28.2 Å². The van der Waals surface area contributed by atoms with Gasteiger partial charge in [0.2, 0.25) is 0 Å². The van der Waals surface area contributed by atoms with Crippen LogP contribution in [0.25, 0.3) is 82.6 Å². The zero-order valence-corrected chi connectivity index (χ0v) is 23.3. The molecule has 43 heavy (non-hydrogen) atoms. The topological polar surface area (TPSA) is 30.7 Å². The van der Waals surface area contributed by atoms with Crippen LogP contribution in [0.15, 0.2) is 152 Å². The average molecular weight is 548 g/mol. The van der Waals surface area contributed by atoms with Crippen molar-refractivity contribution in [1.29, 1.82) is 0 Å². The molecule has 200 valence electrons. The molecule has 0 spiro atoms. The number of hydrogen-bond donors (Lipinski definition) is 0. The van der Waals surface area contributed by atoms with Crippen molar-refractivity contribution in [2.45, 2.75) is 0 Å². The van der Waals surface area contributed by atoms with Crippen molar-refractivity contribution in [2.24, 2.45) is 0 Å². The first kappa shape index (κ1) is 23.9. The van der Waals surface area contributed by atoms with Crippen LogP contribution in [0.2, 0.25) is 0 Å². The normalized spacial score (nSPS) is 11.7. The van der Waals surface area contributed by atoms with Gasteiger partial charge in [-0.1, -0.05) is 127 Å². The summed E-state index contributed by atoms with van der Waals surface area (Å²) in [5.41, 5.74) is 9.21. The van der Waals surface area contributed by atoms with Crippen LogP contribution in [-0.4, -0.2) is 14.5 Å². The van der Waals surface area contributed by atoms with Crippen molar-refractivity contribution in [3.05, 3.63) is 152 Å². The van der Waals surface area contributed by atoms with Gasteiger partial charge in [-0.15, -0.1) is 0 Å². The van der Waals surface area contributed by atoms with Crippen molar-refractivity contribution in [1.82, 2.24) is 14.5 Å². The summed E-state index contributed by atoms with van der Waals surface area (Å²) in [5, 5.41) is 7.21. The number of aromatic nitrogens is 3. The minimum atomic E-state index is 0.885. The standard InChI is InChI=1S/C40H25N3/c1-3-12-28(13-4-1)37-38(29-14-5-2-6-15-29)42-39-34-25-30(22-19-27(34)21-24-35(39)41-37)43-36-18-10-9-17-32(36)33-23-20-26-11-7-8-16-31(26)40(33)43/h1-25H. The molecule has 0 aliphatic carbocycles. The summed E-state index contributed by atoms with van der Waals surface area (Å²) < 4.78 is 2.41. The number of rotatable bonds is 3. The van der Waals surface area contributed by atoms with Crippen molar-refractivity contribution in [3.63, 3.8) is 0 Å². The van der Waals surface area contributed by atoms with Gasteiger partial charge in [0, 0.05) is 38.4 Å². The fourth-order valence-corrected chi connectivity index (χ4v) is 6.56.